The van der Waals surface area contributed by atoms with Gasteiger partial charge in [-0.1, -0.05) is 12.1 Å². The Bertz CT molecular complexity index is 1140. The van der Waals surface area contributed by atoms with Crippen LogP contribution >= 0.6 is 0 Å². The fourth-order valence-electron chi connectivity index (χ4n) is 2.51. The molecule has 1 amide bonds. The van der Waals surface area contributed by atoms with Gasteiger partial charge in [0.2, 0.25) is 10.0 Å². The SMILES string of the molecule is CS(=O)(=O)Nc1cccc(CNC(=O)c2n[nH]c3ccc([N+](=O)[O-])cc23)c1. The van der Waals surface area contributed by atoms with Crippen molar-refractivity contribution in [3.63, 3.8) is 0 Å². The molecule has 2 aromatic carbocycles. The molecule has 0 saturated carbocycles. The van der Waals surface area contributed by atoms with E-state index in [1.54, 1.807) is 24.3 Å². The van der Waals surface area contributed by atoms with Gasteiger partial charge in [0.15, 0.2) is 5.69 Å². The van der Waals surface area contributed by atoms with E-state index in [9.17, 15) is 23.3 Å². The third kappa shape index (κ3) is 4.39. The summed E-state index contributed by atoms with van der Waals surface area (Å²) in [6.07, 6.45) is 1.04. The molecule has 1 aromatic heterocycles. The summed E-state index contributed by atoms with van der Waals surface area (Å²) in [6, 6.07) is 10.6. The second kappa shape index (κ2) is 7.03. The Labute approximate surface area is 153 Å². The van der Waals surface area contributed by atoms with Crippen LogP contribution in [0.3, 0.4) is 0 Å². The predicted molar refractivity (Wildman–Crippen MR) is 98.8 cm³/mol. The van der Waals surface area contributed by atoms with E-state index >= 15 is 0 Å². The molecule has 11 heteroatoms. The summed E-state index contributed by atoms with van der Waals surface area (Å²) in [5, 5.41) is 20.5. The molecule has 3 N–H and O–H groups in total. The minimum Gasteiger partial charge on any atom is -0.347 e. The van der Waals surface area contributed by atoms with E-state index in [1.165, 1.54) is 18.2 Å². The second-order valence-corrected chi connectivity index (χ2v) is 7.56. The molecule has 140 valence electrons. The summed E-state index contributed by atoms with van der Waals surface area (Å²) in [7, 11) is -3.40. The number of aromatic amines is 1. The van der Waals surface area contributed by atoms with Crippen molar-refractivity contribution in [2.75, 3.05) is 11.0 Å². The van der Waals surface area contributed by atoms with E-state index in [1.807, 2.05) is 0 Å². The molecule has 10 nitrogen and oxygen atoms in total. The molecule has 0 fully saturated rings. The Hall–Kier alpha value is -3.47. The van der Waals surface area contributed by atoms with Crippen LogP contribution in [0.5, 0.6) is 0 Å². The Balaban J connectivity index is 1.77. The van der Waals surface area contributed by atoms with Crippen LogP contribution in [0.25, 0.3) is 10.9 Å². The van der Waals surface area contributed by atoms with E-state index in [4.69, 9.17) is 0 Å². The van der Waals surface area contributed by atoms with Crippen LogP contribution < -0.4 is 10.0 Å². The number of nitro groups is 1. The van der Waals surface area contributed by atoms with Crippen molar-refractivity contribution in [2.45, 2.75) is 6.54 Å². The van der Waals surface area contributed by atoms with Gasteiger partial charge in [-0.2, -0.15) is 5.10 Å². The number of fused-ring (bicyclic) bond motifs is 1. The number of benzene rings is 2. The lowest BCUT2D eigenvalue weighted by Gasteiger charge is -2.07. The fourth-order valence-corrected chi connectivity index (χ4v) is 3.07. The van der Waals surface area contributed by atoms with Crippen molar-refractivity contribution in [3.05, 3.63) is 63.8 Å². The molecule has 0 aliphatic carbocycles. The molecule has 0 bridgehead atoms. The van der Waals surface area contributed by atoms with E-state index in [0.717, 1.165) is 6.26 Å². The van der Waals surface area contributed by atoms with Gasteiger partial charge in [0.25, 0.3) is 11.6 Å². The summed E-state index contributed by atoms with van der Waals surface area (Å²) in [5.41, 5.74) is 1.45. The van der Waals surface area contributed by atoms with E-state index in [-0.39, 0.29) is 17.9 Å². The van der Waals surface area contributed by atoms with Crippen LogP contribution in [0.1, 0.15) is 16.1 Å². The molecule has 27 heavy (non-hydrogen) atoms. The van der Waals surface area contributed by atoms with Gasteiger partial charge < -0.3 is 5.32 Å². The number of H-pyrrole nitrogens is 1. The lowest BCUT2D eigenvalue weighted by atomic mass is 10.1. The molecule has 0 saturated heterocycles. The van der Waals surface area contributed by atoms with Crippen molar-refractivity contribution in [2.24, 2.45) is 0 Å². The number of hydrogen-bond donors (Lipinski definition) is 3. The summed E-state index contributed by atoms with van der Waals surface area (Å²) in [6.45, 7) is 0.126. The maximum atomic E-state index is 12.4. The number of carbonyl (C=O) groups excluding carboxylic acids is 1. The highest BCUT2D eigenvalue weighted by molar-refractivity contribution is 7.92. The summed E-state index contributed by atoms with van der Waals surface area (Å²) in [4.78, 5) is 22.8. The summed E-state index contributed by atoms with van der Waals surface area (Å²) >= 11 is 0. The van der Waals surface area contributed by atoms with Gasteiger partial charge in [0, 0.05) is 29.8 Å². The van der Waals surface area contributed by atoms with Gasteiger partial charge in [-0.05, 0) is 23.8 Å². The molecule has 0 radical (unpaired) electrons. The Morgan fingerprint density at radius 3 is 2.74 bits per heavy atom. The standard InChI is InChI=1S/C16H15N5O5S/c1-27(25,26)20-11-4-2-3-10(7-11)9-17-16(22)15-13-8-12(21(23)24)5-6-14(13)18-19-15/h2-8,20H,9H2,1H3,(H,17,22)(H,18,19). The maximum Gasteiger partial charge on any atom is 0.272 e. The molecule has 1 heterocycles. The molecule has 0 spiro atoms. The number of aromatic nitrogens is 2. The average molecular weight is 389 g/mol. The minimum atomic E-state index is -3.40. The highest BCUT2D eigenvalue weighted by Crippen LogP contribution is 2.22. The van der Waals surface area contributed by atoms with Gasteiger partial charge in [-0.3, -0.25) is 24.7 Å². The molecule has 0 aliphatic heterocycles. The van der Waals surface area contributed by atoms with Gasteiger partial charge >= 0.3 is 0 Å². The number of anilines is 1. The monoisotopic (exact) mass is 389 g/mol. The minimum absolute atomic E-state index is 0.0408. The van der Waals surface area contributed by atoms with Crippen molar-refractivity contribution in [1.29, 1.82) is 0 Å². The molecule has 0 atom stereocenters. The zero-order chi connectivity index (χ0) is 19.6. The first kappa shape index (κ1) is 18.3. The fraction of sp³-hybridized carbons (Fsp3) is 0.125. The molecular weight excluding hydrogens is 374 g/mol. The summed E-state index contributed by atoms with van der Waals surface area (Å²) in [5.74, 6) is -0.511. The quantitative estimate of drug-likeness (QED) is 0.432. The largest absolute Gasteiger partial charge is 0.347 e. The van der Waals surface area contributed by atoms with E-state index < -0.39 is 20.9 Å². The number of amides is 1. The smallest absolute Gasteiger partial charge is 0.272 e. The second-order valence-electron chi connectivity index (χ2n) is 5.82. The van der Waals surface area contributed by atoms with Crippen molar-refractivity contribution >= 4 is 38.2 Å². The topological polar surface area (TPSA) is 147 Å². The van der Waals surface area contributed by atoms with Crippen LogP contribution in [-0.4, -0.2) is 35.7 Å². The lowest BCUT2D eigenvalue weighted by Crippen LogP contribution is -2.23. The molecule has 0 unspecified atom stereocenters. The van der Waals surface area contributed by atoms with Crippen LogP contribution in [0.2, 0.25) is 0 Å². The Morgan fingerprint density at radius 1 is 1.26 bits per heavy atom. The van der Waals surface area contributed by atoms with Gasteiger partial charge in [-0.25, -0.2) is 8.42 Å². The van der Waals surface area contributed by atoms with Crippen LogP contribution in [0, 0.1) is 10.1 Å². The van der Waals surface area contributed by atoms with Gasteiger partial charge in [0.1, 0.15) is 0 Å². The van der Waals surface area contributed by atoms with Gasteiger partial charge in [0.05, 0.1) is 16.7 Å². The zero-order valence-corrected chi connectivity index (χ0v) is 14.9. The van der Waals surface area contributed by atoms with Crippen molar-refractivity contribution in [1.82, 2.24) is 15.5 Å². The van der Waals surface area contributed by atoms with Crippen LogP contribution in [0.4, 0.5) is 11.4 Å². The Morgan fingerprint density at radius 2 is 2.04 bits per heavy atom. The highest BCUT2D eigenvalue weighted by atomic mass is 32.2. The first-order chi connectivity index (χ1) is 12.7. The highest BCUT2D eigenvalue weighted by Gasteiger charge is 2.17. The average Bonchev–Trinajstić information content (AvgIpc) is 3.01. The number of carbonyl (C=O) groups is 1. The number of nitrogens with one attached hydrogen (secondary N) is 3. The third-order valence-corrected chi connectivity index (χ3v) is 4.26. The molecule has 3 rings (SSSR count). The number of nitro benzene ring substituents is 1. The first-order valence-electron chi connectivity index (χ1n) is 7.70. The Kier molecular flexibility index (Phi) is 4.77. The molecule has 3 aromatic rings. The predicted octanol–water partition coefficient (Wildman–Crippen LogP) is 1.77. The number of hydrogen-bond acceptors (Lipinski definition) is 6. The third-order valence-electron chi connectivity index (χ3n) is 3.66. The number of non-ortho nitro benzene ring substituents is 1. The van der Waals surface area contributed by atoms with Gasteiger partial charge in [-0.15, -0.1) is 0 Å². The van der Waals surface area contributed by atoms with Crippen molar-refractivity contribution < 1.29 is 18.1 Å². The van der Waals surface area contributed by atoms with Crippen molar-refractivity contribution in [3.8, 4) is 0 Å². The number of rotatable bonds is 6. The summed E-state index contributed by atoms with van der Waals surface area (Å²) < 4.78 is 24.9. The van der Waals surface area contributed by atoms with E-state index in [2.05, 4.69) is 20.2 Å². The first-order valence-corrected chi connectivity index (χ1v) is 9.59. The van der Waals surface area contributed by atoms with E-state index in [0.29, 0.717) is 22.2 Å². The lowest BCUT2D eigenvalue weighted by molar-refractivity contribution is -0.384. The zero-order valence-electron chi connectivity index (χ0n) is 14.1. The van der Waals surface area contributed by atoms with Crippen LogP contribution in [0.15, 0.2) is 42.5 Å². The number of nitrogens with zero attached hydrogens (tertiary/aromatic N) is 2. The number of sulfonamides is 1. The normalized spacial score (nSPS) is 11.3. The maximum absolute atomic E-state index is 12.4. The molecular formula is C16H15N5O5S. The van der Waals surface area contributed by atoms with Crippen LogP contribution in [-0.2, 0) is 16.6 Å². The molecule has 0 aliphatic rings.